The third-order valence-corrected chi connectivity index (χ3v) is 6.00. The molecule has 0 aliphatic carbocycles. The summed E-state index contributed by atoms with van der Waals surface area (Å²) in [4.78, 5) is 13.5. The van der Waals surface area contributed by atoms with Gasteiger partial charge in [-0.1, -0.05) is 30.3 Å². The van der Waals surface area contributed by atoms with Crippen LogP contribution in [0.15, 0.2) is 59.2 Å². The molecule has 0 saturated heterocycles. The van der Waals surface area contributed by atoms with Gasteiger partial charge in [0.1, 0.15) is 5.58 Å². The summed E-state index contributed by atoms with van der Waals surface area (Å²) in [6, 6.07) is 13.5. The van der Waals surface area contributed by atoms with E-state index in [1.54, 1.807) is 38.4 Å². The van der Waals surface area contributed by atoms with Crippen molar-refractivity contribution in [3.63, 3.8) is 0 Å². The first kappa shape index (κ1) is 22.0. The number of nitrogens with one attached hydrogen (secondary N) is 1. The van der Waals surface area contributed by atoms with Gasteiger partial charge in [-0.3, -0.25) is 4.79 Å². The van der Waals surface area contributed by atoms with E-state index in [4.69, 9.17) is 4.42 Å². The Bertz CT molecular complexity index is 1140. The number of sulfonamides is 1. The predicted octanol–water partition coefficient (Wildman–Crippen LogP) is 1.18. The Labute approximate surface area is 175 Å². The number of amides is 1. The van der Waals surface area contributed by atoms with E-state index in [-0.39, 0.29) is 12.3 Å². The molecule has 0 unspecified atom stereocenters. The number of benzene rings is 2. The average Bonchev–Trinajstić information content (AvgIpc) is 3.09. The normalized spacial score (nSPS) is 12.7. The van der Waals surface area contributed by atoms with Crippen LogP contribution in [0.1, 0.15) is 21.5 Å². The molecule has 0 saturated carbocycles. The number of nitrogens with zero attached hydrogens (tertiary/aromatic N) is 1. The Morgan fingerprint density at radius 2 is 1.90 bits per heavy atom. The fraction of sp³-hybridized carbons (Fsp3) is 0.250. The minimum absolute atomic E-state index is 0.0348. The van der Waals surface area contributed by atoms with E-state index >= 15 is 0 Å². The number of hydrogen-bond donors (Lipinski definition) is 3. The first-order valence-corrected chi connectivity index (χ1v) is 10.9. The second-order valence-electron chi connectivity index (χ2n) is 7.26. The highest BCUT2D eigenvalue weighted by Crippen LogP contribution is 2.22. The summed E-state index contributed by atoms with van der Waals surface area (Å²) < 4.78 is 33.1. The summed E-state index contributed by atoms with van der Waals surface area (Å²) in [5, 5.41) is 20.3. The molecule has 0 aliphatic heterocycles. The van der Waals surface area contributed by atoms with Crippen molar-refractivity contribution in [2.45, 2.75) is 18.1 Å². The van der Waals surface area contributed by atoms with Crippen LogP contribution in [-0.2, 0) is 22.2 Å². The fourth-order valence-corrected chi connectivity index (χ4v) is 4.55. The highest BCUT2D eigenvalue weighted by molar-refractivity contribution is 7.88. The van der Waals surface area contributed by atoms with Crippen molar-refractivity contribution >= 4 is 34.0 Å². The molecule has 3 aromatic rings. The van der Waals surface area contributed by atoms with Crippen molar-refractivity contribution in [1.29, 1.82) is 0 Å². The van der Waals surface area contributed by atoms with Crippen LogP contribution in [0.5, 0.6) is 0 Å². The maximum atomic E-state index is 12.7. The Hall–Kier alpha value is -2.66. The lowest BCUT2D eigenvalue weighted by molar-refractivity contribution is 0.0827. The van der Waals surface area contributed by atoms with Crippen LogP contribution in [0, 0.1) is 0 Å². The molecule has 0 radical (unpaired) electrons. The molecule has 0 fully saturated rings. The molecule has 158 valence electrons. The van der Waals surface area contributed by atoms with E-state index in [2.05, 4.69) is 4.72 Å². The van der Waals surface area contributed by atoms with Gasteiger partial charge in [0, 0.05) is 25.0 Å². The molecule has 30 heavy (non-hydrogen) atoms. The molecule has 1 amide bonds. The topological polar surface area (TPSA) is 120 Å². The summed E-state index contributed by atoms with van der Waals surface area (Å²) >= 11 is 0. The highest BCUT2D eigenvalue weighted by atomic mass is 32.2. The van der Waals surface area contributed by atoms with E-state index < -0.39 is 28.8 Å². The van der Waals surface area contributed by atoms with Crippen molar-refractivity contribution in [2.75, 3.05) is 14.1 Å². The van der Waals surface area contributed by atoms with Gasteiger partial charge in [0.2, 0.25) is 10.0 Å². The van der Waals surface area contributed by atoms with Gasteiger partial charge in [0.05, 0.1) is 18.0 Å². The van der Waals surface area contributed by atoms with Crippen LogP contribution in [0.4, 0.5) is 0 Å². The highest BCUT2D eigenvalue weighted by Gasteiger charge is 2.29. The summed E-state index contributed by atoms with van der Waals surface area (Å²) in [5.74, 6) is -1.81. The van der Waals surface area contributed by atoms with Gasteiger partial charge in [0.25, 0.3) is 5.91 Å². The van der Waals surface area contributed by atoms with Crippen LogP contribution >= 0.6 is 0 Å². The first-order chi connectivity index (χ1) is 14.2. The second kappa shape index (κ2) is 9.01. The molecular formula is C20H23BN2O6S. The molecule has 0 aliphatic rings. The number of para-hydroxylation sites is 1. The van der Waals surface area contributed by atoms with Crippen LogP contribution in [0.25, 0.3) is 11.0 Å². The minimum Gasteiger partial charge on any atom is -0.464 e. The standard InChI is InChI=1S/C20H23BN2O6S/c1-23(2)20(24)15-7-5-6-14(10-15)13-30(27,28)22-19(21(25)26)11-16-12-29-18-9-4-3-8-17(16)18/h3-10,12,19,22,25-26H,11,13H2,1-2H3/t19-/m0/s1. The van der Waals surface area contributed by atoms with Gasteiger partial charge in [0.15, 0.2) is 0 Å². The Kier molecular flexibility index (Phi) is 6.62. The summed E-state index contributed by atoms with van der Waals surface area (Å²) in [7, 11) is -2.61. The van der Waals surface area contributed by atoms with Crippen molar-refractivity contribution < 1.29 is 27.7 Å². The van der Waals surface area contributed by atoms with Gasteiger partial charge < -0.3 is 19.4 Å². The Morgan fingerprint density at radius 1 is 1.17 bits per heavy atom. The van der Waals surface area contributed by atoms with Crippen LogP contribution in [0.2, 0.25) is 0 Å². The summed E-state index contributed by atoms with van der Waals surface area (Å²) in [6.45, 7) is 0. The lowest BCUT2D eigenvalue weighted by Gasteiger charge is -2.18. The average molecular weight is 430 g/mol. The number of carbonyl (C=O) groups excluding carboxylic acids is 1. The zero-order valence-corrected chi connectivity index (χ0v) is 17.5. The van der Waals surface area contributed by atoms with Crippen molar-refractivity contribution in [1.82, 2.24) is 9.62 Å². The molecule has 1 aromatic heterocycles. The number of carbonyl (C=O) groups is 1. The zero-order chi connectivity index (χ0) is 21.9. The number of furan rings is 1. The summed E-state index contributed by atoms with van der Waals surface area (Å²) in [5.41, 5.74) is 2.07. The largest absolute Gasteiger partial charge is 0.471 e. The molecule has 3 N–H and O–H groups in total. The molecule has 8 nitrogen and oxygen atoms in total. The van der Waals surface area contributed by atoms with Crippen molar-refractivity contribution in [3.8, 4) is 0 Å². The van der Waals surface area contributed by atoms with Crippen LogP contribution < -0.4 is 4.72 Å². The van der Waals surface area contributed by atoms with Crippen molar-refractivity contribution in [3.05, 3.63) is 71.5 Å². The predicted molar refractivity (Wildman–Crippen MR) is 114 cm³/mol. The third kappa shape index (κ3) is 5.28. The van der Waals surface area contributed by atoms with E-state index in [1.807, 2.05) is 18.2 Å². The Balaban J connectivity index is 1.76. The second-order valence-corrected chi connectivity index (χ2v) is 9.01. The van der Waals surface area contributed by atoms with E-state index in [0.717, 1.165) is 5.39 Å². The molecule has 0 bridgehead atoms. The number of rotatable bonds is 8. The zero-order valence-electron chi connectivity index (χ0n) is 16.6. The third-order valence-electron chi connectivity index (χ3n) is 4.63. The SMILES string of the molecule is CN(C)C(=O)c1cccc(CS(=O)(=O)N[C@@H](Cc2coc3ccccc23)B(O)O)c1. The van der Waals surface area contributed by atoms with Crippen LogP contribution in [-0.4, -0.2) is 56.4 Å². The van der Waals surface area contributed by atoms with Crippen molar-refractivity contribution in [2.24, 2.45) is 0 Å². The summed E-state index contributed by atoms with van der Waals surface area (Å²) in [6.07, 6.45) is 1.51. The molecule has 1 atom stereocenters. The monoisotopic (exact) mass is 430 g/mol. The van der Waals surface area contributed by atoms with E-state index in [9.17, 15) is 23.3 Å². The molecule has 1 heterocycles. The fourth-order valence-electron chi connectivity index (χ4n) is 3.18. The van der Waals surface area contributed by atoms with Gasteiger partial charge in [-0.15, -0.1) is 0 Å². The van der Waals surface area contributed by atoms with E-state index in [0.29, 0.717) is 22.3 Å². The smallest absolute Gasteiger partial charge is 0.464 e. The molecule has 2 aromatic carbocycles. The molecular weight excluding hydrogens is 407 g/mol. The van der Waals surface area contributed by atoms with E-state index in [1.165, 1.54) is 17.2 Å². The van der Waals surface area contributed by atoms with Gasteiger partial charge in [-0.05, 0) is 35.7 Å². The minimum atomic E-state index is -3.92. The lowest BCUT2D eigenvalue weighted by Crippen LogP contribution is -2.48. The number of hydrogen-bond acceptors (Lipinski definition) is 6. The molecule has 10 heteroatoms. The van der Waals surface area contributed by atoms with Gasteiger partial charge in [-0.25, -0.2) is 13.1 Å². The Morgan fingerprint density at radius 3 is 2.60 bits per heavy atom. The molecule has 3 rings (SSSR count). The van der Waals surface area contributed by atoms with Crippen LogP contribution in [0.3, 0.4) is 0 Å². The maximum Gasteiger partial charge on any atom is 0.471 e. The number of fused-ring (bicyclic) bond motifs is 1. The lowest BCUT2D eigenvalue weighted by atomic mass is 9.77. The molecule has 0 spiro atoms. The first-order valence-electron chi connectivity index (χ1n) is 9.28. The van der Waals surface area contributed by atoms with Gasteiger partial charge in [-0.2, -0.15) is 0 Å². The maximum absolute atomic E-state index is 12.7. The van der Waals surface area contributed by atoms with Gasteiger partial charge >= 0.3 is 7.12 Å². The quantitative estimate of drug-likeness (QED) is 0.462.